The molecule has 1 N–H and O–H groups in total. The molecule has 1 aliphatic rings. The molecule has 1 aromatic carbocycles. The maximum atomic E-state index is 12.8. The summed E-state index contributed by atoms with van der Waals surface area (Å²) in [6.07, 6.45) is 0. The third-order valence-corrected chi connectivity index (χ3v) is 4.75. The van der Waals surface area contributed by atoms with E-state index in [1.807, 2.05) is 25.1 Å². The van der Waals surface area contributed by atoms with Crippen LogP contribution in [0.4, 0.5) is 0 Å². The standard InChI is InChI=1S/C16H20BrN3O/c1-11-14(10-20-7-5-19(2)6-8-20)16(21)13-9-12(17)3-4-15(13)18-11/h3-4,9H,5-8,10H2,1-2H3,(H,18,21). The Bertz CT molecular complexity index is 717. The summed E-state index contributed by atoms with van der Waals surface area (Å²) in [7, 11) is 2.14. The molecule has 0 aliphatic carbocycles. The largest absolute Gasteiger partial charge is 0.358 e. The van der Waals surface area contributed by atoms with Gasteiger partial charge in [0, 0.05) is 59.4 Å². The van der Waals surface area contributed by atoms with Crippen molar-refractivity contribution in [3.8, 4) is 0 Å². The molecule has 0 atom stereocenters. The number of rotatable bonds is 2. The fourth-order valence-corrected chi connectivity index (χ4v) is 3.20. The minimum atomic E-state index is 0.154. The Balaban J connectivity index is 1.96. The molecule has 3 rings (SSSR count). The molecular weight excluding hydrogens is 330 g/mol. The Morgan fingerprint density at radius 1 is 1.24 bits per heavy atom. The summed E-state index contributed by atoms with van der Waals surface area (Å²) in [5.41, 5.74) is 2.93. The lowest BCUT2D eigenvalue weighted by molar-refractivity contribution is 0.147. The van der Waals surface area contributed by atoms with E-state index < -0.39 is 0 Å². The normalized spacial score (nSPS) is 17.5. The number of nitrogens with zero attached hydrogens (tertiary/aromatic N) is 2. The number of likely N-dealkylation sites (N-methyl/N-ethyl adjacent to an activating group) is 1. The van der Waals surface area contributed by atoms with Gasteiger partial charge in [0.1, 0.15) is 0 Å². The molecule has 4 nitrogen and oxygen atoms in total. The summed E-state index contributed by atoms with van der Waals surface area (Å²) in [6, 6.07) is 5.81. The van der Waals surface area contributed by atoms with Crippen molar-refractivity contribution in [2.24, 2.45) is 0 Å². The highest BCUT2D eigenvalue weighted by molar-refractivity contribution is 9.10. The fourth-order valence-electron chi connectivity index (χ4n) is 2.84. The molecule has 5 heteroatoms. The summed E-state index contributed by atoms with van der Waals surface area (Å²) in [5, 5.41) is 0.763. The first-order chi connectivity index (χ1) is 10.0. The van der Waals surface area contributed by atoms with Crippen LogP contribution in [0, 0.1) is 6.92 Å². The van der Waals surface area contributed by atoms with Gasteiger partial charge in [-0.1, -0.05) is 15.9 Å². The first kappa shape index (κ1) is 14.8. The summed E-state index contributed by atoms with van der Waals surface area (Å²) >= 11 is 3.45. The quantitative estimate of drug-likeness (QED) is 0.904. The zero-order valence-electron chi connectivity index (χ0n) is 12.4. The van der Waals surface area contributed by atoms with Crippen molar-refractivity contribution >= 4 is 26.8 Å². The van der Waals surface area contributed by atoms with Crippen molar-refractivity contribution in [1.82, 2.24) is 14.8 Å². The molecule has 0 unspecified atom stereocenters. The van der Waals surface area contributed by atoms with E-state index in [0.717, 1.165) is 59.4 Å². The van der Waals surface area contributed by atoms with Crippen molar-refractivity contribution in [2.45, 2.75) is 13.5 Å². The summed E-state index contributed by atoms with van der Waals surface area (Å²) in [5.74, 6) is 0. The molecule has 1 aliphatic heterocycles. The zero-order chi connectivity index (χ0) is 15.0. The number of piperazine rings is 1. The number of pyridine rings is 1. The van der Waals surface area contributed by atoms with Crippen LogP contribution in [-0.2, 0) is 6.54 Å². The highest BCUT2D eigenvalue weighted by atomic mass is 79.9. The average molecular weight is 350 g/mol. The first-order valence-corrected chi connectivity index (χ1v) is 8.06. The second-order valence-electron chi connectivity index (χ2n) is 5.83. The number of aryl methyl sites for hydroxylation is 1. The van der Waals surface area contributed by atoms with Gasteiger partial charge in [-0.3, -0.25) is 9.69 Å². The third kappa shape index (κ3) is 3.05. The van der Waals surface area contributed by atoms with Crippen LogP contribution in [0.15, 0.2) is 27.5 Å². The van der Waals surface area contributed by atoms with E-state index in [9.17, 15) is 4.79 Å². The smallest absolute Gasteiger partial charge is 0.194 e. The summed E-state index contributed by atoms with van der Waals surface area (Å²) in [4.78, 5) is 20.8. The monoisotopic (exact) mass is 349 g/mol. The lowest BCUT2D eigenvalue weighted by Crippen LogP contribution is -2.44. The van der Waals surface area contributed by atoms with E-state index in [-0.39, 0.29) is 5.43 Å². The van der Waals surface area contributed by atoms with E-state index in [4.69, 9.17) is 0 Å². The number of aromatic amines is 1. The highest BCUT2D eigenvalue weighted by Crippen LogP contribution is 2.18. The number of aromatic nitrogens is 1. The summed E-state index contributed by atoms with van der Waals surface area (Å²) < 4.78 is 0.940. The van der Waals surface area contributed by atoms with Crippen LogP contribution in [0.2, 0.25) is 0 Å². The maximum absolute atomic E-state index is 12.8. The van der Waals surface area contributed by atoms with Gasteiger partial charge < -0.3 is 9.88 Å². The Hall–Kier alpha value is -1.17. The van der Waals surface area contributed by atoms with Gasteiger partial charge in [0.2, 0.25) is 0 Å². The van der Waals surface area contributed by atoms with E-state index in [1.165, 1.54) is 0 Å². The average Bonchev–Trinajstić information content (AvgIpc) is 2.46. The van der Waals surface area contributed by atoms with E-state index in [2.05, 4.69) is 37.8 Å². The highest BCUT2D eigenvalue weighted by Gasteiger charge is 2.17. The number of H-pyrrole nitrogens is 1. The molecule has 0 saturated carbocycles. The van der Waals surface area contributed by atoms with Crippen LogP contribution < -0.4 is 5.43 Å². The SMILES string of the molecule is Cc1[nH]c2ccc(Br)cc2c(=O)c1CN1CCN(C)CC1. The maximum Gasteiger partial charge on any atom is 0.194 e. The van der Waals surface area contributed by atoms with Crippen LogP contribution in [0.5, 0.6) is 0 Å². The van der Waals surface area contributed by atoms with Gasteiger partial charge in [-0.2, -0.15) is 0 Å². The molecular formula is C16H20BrN3O. The van der Waals surface area contributed by atoms with Gasteiger partial charge in [-0.25, -0.2) is 0 Å². The van der Waals surface area contributed by atoms with E-state index in [1.54, 1.807) is 0 Å². The van der Waals surface area contributed by atoms with E-state index in [0.29, 0.717) is 0 Å². The van der Waals surface area contributed by atoms with Crippen LogP contribution in [0.1, 0.15) is 11.3 Å². The van der Waals surface area contributed by atoms with Crippen molar-refractivity contribution in [1.29, 1.82) is 0 Å². The van der Waals surface area contributed by atoms with Gasteiger partial charge in [0.25, 0.3) is 0 Å². The Morgan fingerprint density at radius 2 is 1.95 bits per heavy atom. The molecule has 0 bridgehead atoms. The van der Waals surface area contributed by atoms with Crippen molar-refractivity contribution in [2.75, 3.05) is 33.2 Å². The molecule has 21 heavy (non-hydrogen) atoms. The van der Waals surface area contributed by atoms with Crippen LogP contribution in [0.25, 0.3) is 10.9 Å². The van der Waals surface area contributed by atoms with Gasteiger partial charge >= 0.3 is 0 Å². The Kier molecular flexibility index (Phi) is 4.15. The molecule has 0 amide bonds. The lowest BCUT2D eigenvalue weighted by atomic mass is 10.1. The second kappa shape index (κ2) is 5.91. The zero-order valence-corrected chi connectivity index (χ0v) is 14.0. The number of benzene rings is 1. The number of fused-ring (bicyclic) bond motifs is 1. The molecule has 0 spiro atoms. The number of hydrogen-bond acceptors (Lipinski definition) is 3. The van der Waals surface area contributed by atoms with E-state index >= 15 is 0 Å². The third-order valence-electron chi connectivity index (χ3n) is 4.25. The number of hydrogen-bond donors (Lipinski definition) is 1. The Labute approximate surface area is 132 Å². The van der Waals surface area contributed by atoms with Crippen LogP contribution in [0.3, 0.4) is 0 Å². The molecule has 1 saturated heterocycles. The van der Waals surface area contributed by atoms with Crippen molar-refractivity contribution in [3.63, 3.8) is 0 Å². The second-order valence-corrected chi connectivity index (χ2v) is 6.74. The number of halogens is 1. The lowest BCUT2D eigenvalue weighted by Gasteiger charge is -2.32. The van der Waals surface area contributed by atoms with Crippen LogP contribution in [-0.4, -0.2) is 48.0 Å². The van der Waals surface area contributed by atoms with Crippen LogP contribution >= 0.6 is 15.9 Å². The predicted octanol–water partition coefficient (Wildman–Crippen LogP) is 2.35. The predicted molar refractivity (Wildman–Crippen MR) is 89.8 cm³/mol. The van der Waals surface area contributed by atoms with Gasteiger partial charge in [-0.15, -0.1) is 0 Å². The molecule has 2 aromatic rings. The Morgan fingerprint density at radius 3 is 2.67 bits per heavy atom. The first-order valence-electron chi connectivity index (χ1n) is 7.26. The van der Waals surface area contributed by atoms with Crippen molar-refractivity contribution < 1.29 is 0 Å². The summed E-state index contributed by atoms with van der Waals surface area (Å²) in [6.45, 7) is 6.90. The van der Waals surface area contributed by atoms with Gasteiger partial charge in [0.05, 0.1) is 0 Å². The minimum Gasteiger partial charge on any atom is -0.358 e. The van der Waals surface area contributed by atoms with Gasteiger partial charge in [0.15, 0.2) is 5.43 Å². The molecule has 0 radical (unpaired) electrons. The molecule has 1 fully saturated rings. The fraction of sp³-hybridized carbons (Fsp3) is 0.438. The minimum absolute atomic E-state index is 0.154. The topological polar surface area (TPSA) is 39.3 Å². The molecule has 2 heterocycles. The van der Waals surface area contributed by atoms with Gasteiger partial charge in [-0.05, 0) is 32.2 Å². The van der Waals surface area contributed by atoms with Crippen molar-refractivity contribution in [3.05, 3.63) is 44.2 Å². The molecule has 112 valence electrons. The molecule has 1 aromatic heterocycles. The number of nitrogens with one attached hydrogen (secondary N) is 1.